The highest BCUT2D eigenvalue weighted by molar-refractivity contribution is 6.31. The molecule has 0 radical (unpaired) electrons. The van der Waals surface area contributed by atoms with Crippen LogP contribution in [0.2, 0.25) is 5.15 Å². The van der Waals surface area contributed by atoms with E-state index in [2.05, 4.69) is 15.6 Å². The van der Waals surface area contributed by atoms with Gasteiger partial charge >= 0.3 is 0 Å². The van der Waals surface area contributed by atoms with Gasteiger partial charge in [0.25, 0.3) is 5.91 Å². The Kier molecular flexibility index (Phi) is 7.69. The molecule has 1 aromatic heterocycles. The fourth-order valence-corrected chi connectivity index (χ4v) is 6.22. The number of primary amides is 1. The molecule has 3 aliphatic carbocycles. The summed E-state index contributed by atoms with van der Waals surface area (Å²) in [5, 5.41) is 51.2. The molecule has 8 N–H and O–H groups in total. The van der Waals surface area contributed by atoms with Gasteiger partial charge in [-0.1, -0.05) is 25.4 Å². The Morgan fingerprint density at radius 2 is 1.90 bits per heavy atom. The Labute approximate surface area is 230 Å². The van der Waals surface area contributed by atoms with E-state index in [1.165, 1.54) is 4.90 Å². The van der Waals surface area contributed by atoms with E-state index in [-0.39, 0.29) is 34.9 Å². The number of ketones is 2. The first-order valence-corrected chi connectivity index (χ1v) is 13.1. The molecule has 1 saturated carbocycles. The summed E-state index contributed by atoms with van der Waals surface area (Å²) < 4.78 is 0. The molecule has 212 valence electrons. The zero-order valence-corrected chi connectivity index (χ0v) is 23.0. The van der Waals surface area contributed by atoms with Gasteiger partial charge in [-0.05, 0) is 45.8 Å². The van der Waals surface area contributed by atoms with Gasteiger partial charge in [0.2, 0.25) is 5.78 Å². The number of anilines is 1. The number of likely N-dealkylation sites (N-methyl/N-ethyl adjacent to an activating group) is 1. The minimum atomic E-state index is -2.69. The summed E-state index contributed by atoms with van der Waals surface area (Å²) in [6, 6.07) is -0.835. The summed E-state index contributed by atoms with van der Waals surface area (Å²) >= 11 is 6.47. The lowest BCUT2D eigenvalue weighted by atomic mass is 9.57. The molecule has 12 nitrogen and oxygen atoms in total. The number of halogens is 1. The number of nitrogens with zero attached hydrogens (tertiary/aromatic N) is 2. The van der Waals surface area contributed by atoms with Gasteiger partial charge in [-0.3, -0.25) is 19.3 Å². The maximum atomic E-state index is 13.9. The number of fused-ring (bicyclic) bond motifs is 3. The van der Waals surface area contributed by atoms with Crippen LogP contribution in [0.4, 0.5) is 5.82 Å². The van der Waals surface area contributed by atoms with Gasteiger partial charge in [-0.15, -0.1) is 0 Å². The first kappa shape index (κ1) is 28.8. The molecule has 0 unspecified atom stereocenters. The first-order chi connectivity index (χ1) is 18.2. The zero-order chi connectivity index (χ0) is 29.0. The van der Waals surface area contributed by atoms with Crippen LogP contribution in [0.3, 0.4) is 0 Å². The van der Waals surface area contributed by atoms with E-state index in [4.69, 9.17) is 17.3 Å². The average Bonchev–Trinajstić information content (AvgIpc) is 2.83. The molecule has 4 atom stereocenters. The van der Waals surface area contributed by atoms with Crippen LogP contribution in [0, 0.1) is 11.8 Å². The molecule has 1 heterocycles. The van der Waals surface area contributed by atoms with Crippen LogP contribution in [0.1, 0.15) is 37.8 Å². The number of nitrogens with one attached hydrogen (secondary N) is 2. The standard InChI is InChI=1S/C26H34ClN5O7/c1-10(2)29-6-5-7-30-25-20(35)15-12(23(27)31-25)8-11-9-13-17(32(3)4)19(34)16(24(28)38)22(37)26(13,39)21(36)14(11)18(15)33/h10-11,13,17,29,33,35,37,39H,5-9H2,1-4H3,(H2,28,38)(H,30,31)/t11-,13-,17-,26-/m0/s1. The summed E-state index contributed by atoms with van der Waals surface area (Å²) in [5.74, 6) is -7.19. The van der Waals surface area contributed by atoms with Crippen molar-refractivity contribution < 1.29 is 34.8 Å². The van der Waals surface area contributed by atoms with E-state index < -0.39 is 63.8 Å². The summed E-state index contributed by atoms with van der Waals surface area (Å²) in [5.41, 5.74) is 1.76. The van der Waals surface area contributed by atoms with Crippen molar-refractivity contribution in [2.75, 3.05) is 32.5 Å². The molecule has 0 aromatic carbocycles. The molecule has 39 heavy (non-hydrogen) atoms. The van der Waals surface area contributed by atoms with Gasteiger partial charge in [0.1, 0.15) is 22.2 Å². The molecule has 1 amide bonds. The molecule has 4 rings (SSSR count). The molecule has 0 spiro atoms. The van der Waals surface area contributed by atoms with Crippen LogP contribution >= 0.6 is 11.6 Å². The quantitative estimate of drug-likeness (QED) is 0.134. The predicted octanol–water partition coefficient (Wildman–Crippen LogP) is 0.812. The van der Waals surface area contributed by atoms with Crippen LogP contribution in [0.15, 0.2) is 16.9 Å². The van der Waals surface area contributed by atoms with E-state index in [1.54, 1.807) is 14.1 Å². The summed E-state index contributed by atoms with van der Waals surface area (Å²) in [4.78, 5) is 44.8. The third kappa shape index (κ3) is 4.54. The number of carbonyl (C=O) groups is 3. The largest absolute Gasteiger partial charge is 0.508 e. The highest BCUT2D eigenvalue weighted by atomic mass is 35.5. The van der Waals surface area contributed by atoms with Crippen LogP contribution < -0.4 is 16.4 Å². The molecule has 0 aliphatic heterocycles. The minimum Gasteiger partial charge on any atom is -0.508 e. The van der Waals surface area contributed by atoms with Crippen molar-refractivity contribution in [2.24, 2.45) is 17.6 Å². The number of rotatable bonds is 8. The molecule has 3 aliphatic rings. The smallest absolute Gasteiger partial charge is 0.255 e. The maximum Gasteiger partial charge on any atom is 0.255 e. The number of aromatic nitrogens is 1. The minimum absolute atomic E-state index is 0.0171. The van der Waals surface area contributed by atoms with Crippen molar-refractivity contribution in [1.29, 1.82) is 0 Å². The van der Waals surface area contributed by atoms with Crippen molar-refractivity contribution >= 4 is 40.7 Å². The molecule has 1 fully saturated rings. The maximum absolute atomic E-state index is 13.9. The Hall–Kier alpha value is -3.19. The fraction of sp³-hybridized carbons (Fsp3) is 0.538. The number of hydrogen-bond acceptors (Lipinski definition) is 11. The third-order valence-electron chi connectivity index (χ3n) is 7.73. The molecule has 1 aromatic rings. The molecule has 0 saturated heterocycles. The highest BCUT2D eigenvalue weighted by Gasteiger charge is 2.64. The van der Waals surface area contributed by atoms with Crippen molar-refractivity contribution in [3.8, 4) is 5.75 Å². The van der Waals surface area contributed by atoms with Crippen molar-refractivity contribution in [3.63, 3.8) is 0 Å². The Balaban J connectivity index is 1.79. The topological polar surface area (TPSA) is 198 Å². The summed E-state index contributed by atoms with van der Waals surface area (Å²) in [7, 11) is 3.08. The summed E-state index contributed by atoms with van der Waals surface area (Å²) in [6.45, 7) is 5.20. The van der Waals surface area contributed by atoms with E-state index in [1.807, 2.05) is 13.8 Å². The SMILES string of the molecule is CC(C)NCCCNc1nc(Cl)c2c(c1O)C(O)=C1C(=O)[C@]3(O)C(O)=C(C(N)=O)C(=O)[C@@H](N(C)C)[C@@H]3C[C@@H]1C2. The lowest BCUT2D eigenvalue weighted by Crippen LogP contribution is -2.65. The predicted molar refractivity (Wildman–Crippen MR) is 143 cm³/mol. The number of hydrogen-bond donors (Lipinski definition) is 7. The number of aliphatic hydroxyl groups excluding tert-OH is 2. The Morgan fingerprint density at radius 1 is 1.23 bits per heavy atom. The van der Waals surface area contributed by atoms with Gasteiger partial charge in [0, 0.05) is 29.6 Å². The number of aliphatic hydroxyl groups is 3. The zero-order valence-electron chi connectivity index (χ0n) is 22.2. The second kappa shape index (κ2) is 10.4. The van der Waals surface area contributed by atoms with Gasteiger partial charge in [0.05, 0.1) is 11.6 Å². The van der Waals surface area contributed by atoms with Crippen molar-refractivity contribution in [2.45, 2.75) is 50.8 Å². The number of carbonyl (C=O) groups excluding carboxylic acids is 3. The number of aromatic hydroxyl groups is 1. The van der Waals surface area contributed by atoms with Crippen LogP contribution in [-0.2, 0) is 20.8 Å². The van der Waals surface area contributed by atoms with Crippen LogP contribution in [0.5, 0.6) is 5.75 Å². The van der Waals surface area contributed by atoms with E-state index in [9.17, 15) is 34.8 Å². The number of nitrogens with two attached hydrogens (primary N) is 1. The summed E-state index contributed by atoms with van der Waals surface area (Å²) in [6.07, 6.45) is 0.758. The second-order valence-electron chi connectivity index (χ2n) is 10.8. The number of amides is 1. The van der Waals surface area contributed by atoms with Crippen LogP contribution in [0.25, 0.3) is 5.76 Å². The second-order valence-corrected chi connectivity index (χ2v) is 11.2. The lowest BCUT2D eigenvalue weighted by Gasteiger charge is -2.50. The van der Waals surface area contributed by atoms with E-state index in [0.717, 1.165) is 6.54 Å². The lowest BCUT2D eigenvalue weighted by molar-refractivity contribution is -0.153. The monoisotopic (exact) mass is 563 g/mol. The number of Topliss-reactive ketones (excluding diaryl/α,β-unsaturated/α-hetero) is 2. The third-order valence-corrected chi connectivity index (χ3v) is 8.05. The Morgan fingerprint density at radius 3 is 2.49 bits per heavy atom. The van der Waals surface area contributed by atoms with Gasteiger partial charge in [-0.25, -0.2) is 4.98 Å². The van der Waals surface area contributed by atoms with Crippen LogP contribution in [-0.4, -0.2) is 92.7 Å². The number of pyridine rings is 1. The van der Waals surface area contributed by atoms with E-state index in [0.29, 0.717) is 24.6 Å². The molecular formula is C26H34ClN5O7. The van der Waals surface area contributed by atoms with Gasteiger partial charge in [-0.2, -0.15) is 0 Å². The highest BCUT2D eigenvalue weighted by Crippen LogP contribution is 2.53. The first-order valence-electron chi connectivity index (χ1n) is 12.8. The van der Waals surface area contributed by atoms with Crippen molar-refractivity contribution in [3.05, 3.63) is 33.2 Å². The van der Waals surface area contributed by atoms with Crippen molar-refractivity contribution in [1.82, 2.24) is 15.2 Å². The molecule has 0 bridgehead atoms. The van der Waals surface area contributed by atoms with E-state index >= 15 is 0 Å². The average molecular weight is 564 g/mol. The molecule has 13 heteroatoms. The Bertz CT molecular complexity index is 1310. The normalized spacial score (nSPS) is 26.6. The molecular weight excluding hydrogens is 530 g/mol. The fourth-order valence-electron chi connectivity index (χ4n) is 5.97. The van der Waals surface area contributed by atoms with Gasteiger partial charge < -0.3 is 36.8 Å². The van der Waals surface area contributed by atoms with Gasteiger partial charge in [0.15, 0.2) is 23.0 Å².